The van der Waals surface area contributed by atoms with Crippen molar-refractivity contribution in [3.63, 3.8) is 0 Å². The van der Waals surface area contributed by atoms with Gasteiger partial charge < -0.3 is 16.0 Å². The number of nitrogens with zero attached hydrogens (tertiary/aromatic N) is 2. The van der Waals surface area contributed by atoms with E-state index in [0.29, 0.717) is 24.2 Å². The molecule has 3 rings (SSSR count). The number of amides is 2. The second-order valence-electron chi connectivity index (χ2n) is 6.23. The molecule has 2 amide bonds. The number of likely N-dealkylation sites (tertiary alicyclic amines) is 1. The Kier molecular flexibility index (Phi) is 4.69. The maximum Gasteiger partial charge on any atom is 0.256 e. The van der Waals surface area contributed by atoms with Crippen LogP contribution in [0.3, 0.4) is 0 Å². The molecule has 1 saturated heterocycles. The van der Waals surface area contributed by atoms with Gasteiger partial charge in [0.05, 0.1) is 6.20 Å². The van der Waals surface area contributed by atoms with E-state index in [0.717, 1.165) is 12.8 Å². The zero-order chi connectivity index (χ0) is 18.0. The third kappa shape index (κ3) is 3.62. The molecule has 4 N–H and O–H groups in total. The zero-order valence-electron chi connectivity index (χ0n) is 13.9. The van der Waals surface area contributed by atoms with E-state index in [-0.39, 0.29) is 35.1 Å². The van der Waals surface area contributed by atoms with E-state index in [1.807, 2.05) is 0 Å². The highest BCUT2D eigenvalue weighted by atomic mass is 19.1. The lowest BCUT2D eigenvalue weighted by Gasteiger charge is -2.33. The van der Waals surface area contributed by atoms with Gasteiger partial charge in [0.15, 0.2) is 0 Å². The van der Waals surface area contributed by atoms with Crippen LogP contribution in [0.5, 0.6) is 0 Å². The largest absolute Gasteiger partial charge is 0.383 e. The molecule has 132 valence electrons. The van der Waals surface area contributed by atoms with Gasteiger partial charge in [-0.05, 0) is 43.5 Å². The minimum atomic E-state index is -0.335. The molecule has 1 fully saturated rings. The number of hydrogen-bond acceptors (Lipinski definition) is 4. The summed E-state index contributed by atoms with van der Waals surface area (Å²) in [4.78, 5) is 26.5. The van der Waals surface area contributed by atoms with Gasteiger partial charge in [-0.15, -0.1) is 0 Å². The smallest absolute Gasteiger partial charge is 0.256 e. The number of nitrogens with two attached hydrogens (primary N) is 1. The molecule has 25 heavy (non-hydrogen) atoms. The van der Waals surface area contributed by atoms with Crippen LogP contribution in [0.25, 0.3) is 0 Å². The number of anilines is 1. The Labute approximate surface area is 144 Å². The number of hydrogen-bond donors (Lipinski definition) is 3. The molecule has 2 aromatic rings. The predicted molar refractivity (Wildman–Crippen MR) is 90.5 cm³/mol. The van der Waals surface area contributed by atoms with Crippen LogP contribution in [0.2, 0.25) is 0 Å². The fourth-order valence-electron chi connectivity index (χ4n) is 2.98. The van der Waals surface area contributed by atoms with Crippen molar-refractivity contribution in [1.29, 1.82) is 0 Å². The molecule has 0 aliphatic carbocycles. The molecule has 8 heteroatoms. The Hall–Kier alpha value is -2.90. The fourth-order valence-corrected chi connectivity index (χ4v) is 2.98. The third-order valence-corrected chi connectivity index (χ3v) is 4.36. The summed E-state index contributed by atoms with van der Waals surface area (Å²) in [5.41, 5.74) is 6.82. The normalized spacial score (nSPS) is 17.4. The number of halogens is 1. The van der Waals surface area contributed by atoms with Gasteiger partial charge in [0, 0.05) is 24.7 Å². The average Bonchev–Trinajstić information content (AvgIpc) is 3.03. The van der Waals surface area contributed by atoms with Gasteiger partial charge in [-0.3, -0.25) is 14.7 Å². The molecule has 0 spiro atoms. The van der Waals surface area contributed by atoms with Crippen LogP contribution in [-0.4, -0.2) is 46.0 Å². The third-order valence-electron chi connectivity index (χ3n) is 4.36. The maximum atomic E-state index is 13.4. The van der Waals surface area contributed by atoms with E-state index in [4.69, 9.17) is 5.73 Å². The number of aromatic nitrogens is 2. The van der Waals surface area contributed by atoms with Gasteiger partial charge in [-0.1, -0.05) is 0 Å². The Morgan fingerprint density at radius 1 is 1.44 bits per heavy atom. The second kappa shape index (κ2) is 6.92. The van der Waals surface area contributed by atoms with Crippen LogP contribution < -0.4 is 11.1 Å². The Balaban J connectivity index is 1.66. The van der Waals surface area contributed by atoms with Gasteiger partial charge in [0.1, 0.15) is 17.2 Å². The van der Waals surface area contributed by atoms with E-state index in [1.165, 1.54) is 18.3 Å². The van der Waals surface area contributed by atoms with E-state index < -0.39 is 0 Å². The number of nitrogen functional groups attached to an aromatic ring is 1. The molecule has 2 heterocycles. The number of H-pyrrole nitrogens is 1. The van der Waals surface area contributed by atoms with Crippen molar-refractivity contribution >= 4 is 17.6 Å². The molecule has 1 aromatic carbocycles. The van der Waals surface area contributed by atoms with Crippen LogP contribution in [0, 0.1) is 12.7 Å². The van der Waals surface area contributed by atoms with E-state index in [2.05, 4.69) is 15.5 Å². The van der Waals surface area contributed by atoms with Crippen LogP contribution in [0.4, 0.5) is 10.2 Å². The summed E-state index contributed by atoms with van der Waals surface area (Å²) in [6.07, 6.45) is 2.92. The molecule has 0 radical (unpaired) electrons. The first-order chi connectivity index (χ1) is 12.0. The average molecular weight is 345 g/mol. The summed E-state index contributed by atoms with van der Waals surface area (Å²) in [5, 5.41) is 9.13. The second-order valence-corrected chi connectivity index (χ2v) is 6.23. The number of nitrogens with one attached hydrogen (secondary N) is 2. The Bertz CT molecular complexity index is 804. The summed E-state index contributed by atoms with van der Waals surface area (Å²) in [6.45, 7) is 2.63. The molecule has 0 unspecified atom stereocenters. The predicted octanol–water partition coefficient (Wildman–Crippen LogP) is 1.47. The highest BCUT2D eigenvalue weighted by Crippen LogP contribution is 2.17. The number of aryl methyl sites for hydroxylation is 1. The first-order valence-electron chi connectivity index (χ1n) is 8.11. The van der Waals surface area contributed by atoms with Crippen molar-refractivity contribution in [2.24, 2.45) is 0 Å². The number of aromatic amines is 1. The van der Waals surface area contributed by atoms with E-state index in [9.17, 15) is 14.0 Å². The summed E-state index contributed by atoms with van der Waals surface area (Å²) < 4.78 is 13.4. The van der Waals surface area contributed by atoms with Crippen LogP contribution in [0.1, 0.15) is 39.1 Å². The molecule has 1 atom stereocenters. The van der Waals surface area contributed by atoms with Crippen molar-refractivity contribution in [3.05, 3.63) is 46.9 Å². The van der Waals surface area contributed by atoms with Gasteiger partial charge in [-0.2, -0.15) is 5.10 Å². The maximum absolute atomic E-state index is 13.4. The Morgan fingerprint density at radius 2 is 2.24 bits per heavy atom. The van der Waals surface area contributed by atoms with Crippen molar-refractivity contribution < 1.29 is 14.0 Å². The van der Waals surface area contributed by atoms with E-state index in [1.54, 1.807) is 17.9 Å². The lowest BCUT2D eigenvalue weighted by atomic mass is 10.0. The highest BCUT2D eigenvalue weighted by molar-refractivity contribution is 5.98. The minimum absolute atomic E-state index is 0.162. The Morgan fingerprint density at radius 3 is 2.92 bits per heavy atom. The highest BCUT2D eigenvalue weighted by Gasteiger charge is 2.26. The number of carbonyl (C=O) groups excluding carboxylic acids is 2. The molecule has 7 nitrogen and oxygen atoms in total. The molecular weight excluding hydrogens is 325 g/mol. The zero-order valence-corrected chi connectivity index (χ0v) is 13.9. The standard InChI is InChI=1S/C17H20FN5O2/c1-10-7-11(4-5-14(10)18)17(25)23-6-2-3-12(9-23)21-16(24)13-8-20-22-15(13)19/h4-5,7-8,12H,2-3,6,9H2,1H3,(H,21,24)(H3,19,20,22)/t12-/m0/s1. The molecule has 0 bridgehead atoms. The van der Waals surface area contributed by atoms with Crippen LogP contribution in [-0.2, 0) is 0 Å². The first kappa shape index (κ1) is 16.9. The van der Waals surface area contributed by atoms with Gasteiger partial charge in [0.2, 0.25) is 0 Å². The SMILES string of the molecule is Cc1cc(C(=O)N2CCC[C@H](NC(=O)c3cn[nH]c3N)C2)ccc1F. The first-order valence-corrected chi connectivity index (χ1v) is 8.11. The van der Waals surface area contributed by atoms with Crippen LogP contribution in [0.15, 0.2) is 24.4 Å². The molecular formula is C17H20FN5O2. The summed E-state index contributed by atoms with van der Waals surface area (Å²) in [7, 11) is 0. The van der Waals surface area contributed by atoms with Crippen molar-refractivity contribution in [2.45, 2.75) is 25.8 Å². The quantitative estimate of drug-likeness (QED) is 0.783. The number of benzene rings is 1. The number of rotatable bonds is 3. The molecule has 0 saturated carbocycles. The lowest BCUT2D eigenvalue weighted by Crippen LogP contribution is -2.49. The van der Waals surface area contributed by atoms with Crippen molar-refractivity contribution in [2.75, 3.05) is 18.8 Å². The fraction of sp³-hybridized carbons (Fsp3) is 0.353. The number of piperidine rings is 1. The monoisotopic (exact) mass is 345 g/mol. The molecule has 1 aromatic heterocycles. The van der Waals surface area contributed by atoms with E-state index >= 15 is 0 Å². The van der Waals surface area contributed by atoms with Gasteiger partial charge >= 0.3 is 0 Å². The number of carbonyl (C=O) groups is 2. The summed E-state index contributed by atoms with van der Waals surface area (Å²) in [5.74, 6) is -0.603. The molecule has 1 aliphatic heterocycles. The molecule has 1 aliphatic rings. The minimum Gasteiger partial charge on any atom is -0.383 e. The van der Waals surface area contributed by atoms with Crippen molar-refractivity contribution in [1.82, 2.24) is 20.4 Å². The van der Waals surface area contributed by atoms with Gasteiger partial charge in [-0.25, -0.2) is 4.39 Å². The van der Waals surface area contributed by atoms with Crippen molar-refractivity contribution in [3.8, 4) is 0 Å². The summed E-state index contributed by atoms with van der Waals surface area (Å²) in [6, 6.07) is 4.17. The van der Waals surface area contributed by atoms with Gasteiger partial charge in [0.25, 0.3) is 11.8 Å². The summed E-state index contributed by atoms with van der Waals surface area (Å²) >= 11 is 0. The lowest BCUT2D eigenvalue weighted by molar-refractivity contribution is 0.0676. The van der Waals surface area contributed by atoms with Crippen LogP contribution >= 0.6 is 0 Å². The topological polar surface area (TPSA) is 104 Å².